The average Bonchev–Trinajstić information content (AvgIpc) is 3.26. The van der Waals surface area contributed by atoms with Crippen molar-refractivity contribution in [1.29, 1.82) is 0 Å². The Kier molecular flexibility index (Phi) is 5.43. The van der Waals surface area contributed by atoms with Crippen LogP contribution in [0.2, 0.25) is 0 Å². The summed E-state index contributed by atoms with van der Waals surface area (Å²) in [7, 11) is 0. The van der Waals surface area contributed by atoms with Gasteiger partial charge in [0.1, 0.15) is 29.6 Å². The molecule has 0 radical (unpaired) electrons. The van der Waals surface area contributed by atoms with Crippen LogP contribution in [0.4, 0.5) is 19.0 Å². The molecule has 4 rings (SSSR count). The summed E-state index contributed by atoms with van der Waals surface area (Å²) in [4.78, 5) is 22.4. The highest BCUT2D eigenvalue weighted by Gasteiger charge is 2.44. The maximum Gasteiger partial charge on any atom is 0.416 e. The van der Waals surface area contributed by atoms with Crippen LogP contribution in [0.3, 0.4) is 0 Å². The van der Waals surface area contributed by atoms with Gasteiger partial charge in [-0.05, 0) is 11.6 Å². The van der Waals surface area contributed by atoms with E-state index >= 15 is 0 Å². The minimum absolute atomic E-state index is 0.0230. The second-order valence-corrected chi connectivity index (χ2v) is 6.98. The molecule has 1 fully saturated rings. The molecule has 5 N–H and O–H groups in total. The molecule has 1 aromatic carbocycles. The Morgan fingerprint density at radius 1 is 1.23 bits per heavy atom. The van der Waals surface area contributed by atoms with Gasteiger partial charge in [-0.25, -0.2) is 9.78 Å². The Morgan fingerprint density at radius 2 is 1.97 bits per heavy atom. The fourth-order valence-corrected chi connectivity index (χ4v) is 3.49. The number of rotatable bonds is 5. The third-order valence-electron chi connectivity index (χ3n) is 5.01. The first-order chi connectivity index (χ1) is 14.7. The van der Waals surface area contributed by atoms with Crippen LogP contribution in [0.25, 0.3) is 11.2 Å². The fraction of sp³-hybridized carbons (Fsp3) is 0.389. The van der Waals surface area contributed by atoms with E-state index in [1.165, 1.54) is 29.1 Å². The predicted molar refractivity (Wildman–Crippen MR) is 99.9 cm³/mol. The lowest BCUT2D eigenvalue weighted by atomic mass is 10.1. The normalized spacial score (nSPS) is 24.1. The van der Waals surface area contributed by atoms with Crippen molar-refractivity contribution in [2.45, 2.75) is 37.3 Å². The summed E-state index contributed by atoms with van der Waals surface area (Å²) in [5.41, 5.74) is -1.57. The lowest BCUT2D eigenvalue weighted by Gasteiger charge is -2.16. The Morgan fingerprint density at radius 3 is 2.65 bits per heavy atom. The summed E-state index contributed by atoms with van der Waals surface area (Å²) in [6.45, 7) is -0.799. The summed E-state index contributed by atoms with van der Waals surface area (Å²) >= 11 is 0. The number of benzene rings is 1. The highest BCUT2D eigenvalue weighted by atomic mass is 19.4. The molecular formula is C18H18F3N5O5. The van der Waals surface area contributed by atoms with Gasteiger partial charge in [0.05, 0.1) is 18.5 Å². The van der Waals surface area contributed by atoms with Crippen LogP contribution >= 0.6 is 0 Å². The number of hydrogen-bond donors (Lipinski definition) is 5. The number of aliphatic hydroxyl groups is 3. The van der Waals surface area contributed by atoms with E-state index < -0.39 is 48.6 Å². The largest absolute Gasteiger partial charge is 0.416 e. The molecule has 166 valence electrons. The Labute approximate surface area is 172 Å². The second-order valence-electron chi connectivity index (χ2n) is 6.98. The van der Waals surface area contributed by atoms with Gasteiger partial charge in [-0.15, -0.1) is 0 Å². The molecule has 0 aliphatic carbocycles. The van der Waals surface area contributed by atoms with E-state index in [0.717, 1.165) is 6.07 Å². The number of alkyl halides is 3. The Balaban J connectivity index is 1.67. The number of ether oxygens (including phenoxy) is 1. The molecule has 31 heavy (non-hydrogen) atoms. The average molecular weight is 441 g/mol. The van der Waals surface area contributed by atoms with Gasteiger partial charge in [-0.1, -0.05) is 18.2 Å². The molecule has 3 aromatic rings. The maximum absolute atomic E-state index is 13.2. The summed E-state index contributed by atoms with van der Waals surface area (Å²) in [6, 6.07) is 5.01. The number of anilines is 1. The molecule has 10 nitrogen and oxygen atoms in total. The second kappa shape index (κ2) is 7.92. The third kappa shape index (κ3) is 3.87. The number of imidazole rings is 1. The van der Waals surface area contributed by atoms with Crippen molar-refractivity contribution in [3.8, 4) is 0 Å². The van der Waals surface area contributed by atoms with Crippen molar-refractivity contribution in [2.24, 2.45) is 0 Å². The zero-order chi connectivity index (χ0) is 22.3. The molecular weight excluding hydrogens is 423 g/mol. The smallest absolute Gasteiger partial charge is 0.394 e. The zero-order valence-electron chi connectivity index (χ0n) is 15.7. The Hall–Kier alpha value is -3.00. The molecule has 13 heteroatoms. The van der Waals surface area contributed by atoms with Crippen LogP contribution in [0, 0.1) is 0 Å². The van der Waals surface area contributed by atoms with Gasteiger partial charge >= 0.3 is 11.9 Å². The molecule has 4 atom stereocenters. The van der Waals surface area contributed by atoms with Gasteiger partial charge in [-0.3, -0.25) is 9.55 Å². The molecule has 2 aromatic heterocycles. The van der Waals surface area contributed by atoms with E-state index in [1.807, 2.05) is 0 Å². The molecule has 0 unspecified atom stereocenters. The first-order valence-electron chi connectivity index (χ1n) is 9.19. The summed E-state index contributed by atoms with van der Waals surface area (Å²) in [5.74, 6) is 0.0254. The van der Waals surface area contributed by atoms with Crippen LogP contribution in [0.1, 0.15) is 17.4 Å². The summed E-state index contributed by atoms with van der Waals surface area (Å²) < 4.78 is 46.3. The van der Waals surface area contributed by atoms with E-state index in [2.05, 4.69) is 20.3 Å². The maximum atomic E-state index is 13.2. The van der Waals surface area contributed by atoms with Crippen molar-refractivity contribution >= 4 is 17.0 Å². The van der Waals surface area contributed by atoms with Gasteiger partial charge in [-0.2, -0.15) is 18.2 Å². The molecule has 0 bridgehead atoms. The van der Waals surface area contributed by atoms with Crippen molar-refractivity contribution in [1.82, 2.24) is 19.5 Å². The number of nitrogens with one attached hydrogen (secondary N) is 2. The van der Waals surface area contributed by atoms with Crippen LogP contribution < -0.4 is 11.0 Å². The van der Waals surface area contributed by atoms with Gasteiger partial charge < -0.3 is 25.4 Å². The highest BCUT2D eigenvalue weighted by molar-refractivity contribution is 5.82. The molecule has 0 amide bonds. The van der Waals surface area contributed by atoms with Crippen molar-refractivity contribution in [2.75, 3.05) is 11.9 Å². The molecule has 0 saturated carbocycles. The zero-order valence-corrected chi connectivity index (χ0v) is 15.7. The number of aromatic amines is 1. The van der Waals surface area contributed by atoms with Gasteiger partial charge in [0, 0.05) is 6.54 Å². The molecule has 0 spiro atoms. The van der Waals surface area contributed by atoms with E-state index in [-0.39, 0.29) is 29.1 Å². The molecule has 1 aliphatic rings. The van der Waals surface area contributed by atoms with E-state index in [1.54, 1.807) is 0 Å². The van der Waals surface area contributed by atoms with Gasteiger partial charge in [0.2, 0.25) is 0 Å². The number of nitrogens with zero attached hydrogens (tertiary/aromatic N) is 3. The lowest BCUT2D eigenvalue weighted by molar-refractivity contribution is -0.138. The SMILES string of the molecule is O=c1nc2c(ncn2[C@@H]2O[C@H](CO)[C@@H](O)[C@H]2O)c(NCc2ccccc2C(F)(F)F)[nH]1. The van der Waals surface area contributed by atoms with E-state index in [4.69, 9.17) is 4.74 Å². The van der Waals surface area contributed by atoms with Gasteiger partial charge in [0.25, 0.3) is 0 Å². The summed E-state index contributed by atoms with van der Waals surface area (Å²) in [6.07, 6.45) is -8.35. The fourth-order valence-electron chi connectivity index (χ4n) is 3.49. The standard InChI is InChI=1S/C18H18F3N5O5/c19-18(20,21)9-4-2-1-3-8(9)5-22-14-11-15(25-17(30)24-14)26(7-23-11)16-13(29)12(28)10(6-27)31-16/h1-4,7,10,12-13,16,27-29H,5-6H2,(H2,22,24,25,30)/t10-,12-,13-,16-/m1/s1. The van der Waals surface area contributed by atoms with E-state index in [0.29, 0.717) is 0 Å². The first-order valence-corrected chi connectivity index (χ1v) is 9.19. The van der Waals surface area contributed by atoms with Crippen LogP contribution in [0.15, 0.2) is 35.4 Å². The van der Waals surface area contributed by atoms with Crippen LogP contribution in [-0.2, 0) is 17.5 Å². The van der Waals surface area contributed by atoms with Gasteiger partial charge in [0.15, 0.2) is 11.9 Å². The van der Waals surface area contributed by atoms with Crippen molar-refractivity contribution < 1.29 is 33.2 Å². The minimum atomic E-state index is -4.54. The van der Waals surface area contributed by atoms with Crippen molar-refractivity contribution in [3.05, 3.63) is 52.2 Å². The lowest BCUT2D eigenvalue weighted by Crippen LogP contribution is -2.33. The molecule has 1 aliphatic heterocycles. The van der Waals surface area contributed by atoms with Crippen molar-refractivity contribution in [3.63, 3.8) is 0 Å². The number of fused-ring (bicyclic) bond motifs is 1. The highest BCUT2D eigenvalue weighted by Crippen LogP contribution is 2.33. The quantitative estimate of drug-likeness (QED) is 0.382. The third-order valence-corrected chi connectivity index (χ3v) is 5.01. The van der Waals surface area contributed by atoms with E-state index in [9.17, 15) is 33.3 Å². The predicted octanol–water partition coefficient (Wildman–Crippen LogP) is 0.362. The number of H-pyrrole nitrogens is 1. The summed E-state index contributed by atoms with van der Waals surface area (Å²) in [5, 5.41) is 32.1. The molecule has 3 heterocycles. The minimum Gasteiger partial charge on any atom is -0.394 e. The first kappa shape index (κ1) is 21.2. The Bertz CT molecular complexity index is 1150. The molecule has 1 saturated heterocycles. The number of aromatic nitrogens is 4. The topological polar surface area (TPSA) is 146 Å². The number of halogens is 3. The van der Waals surface area contributed by atoms with Crippen LogP contribution in [0.5, 0.6) is 0 Å². The monoisotopic (exact) mass is 441 g/mol. The van der Waals surface area contributed by atoms with Crippen LogP contribution in [-0.4, -0.2) is 59.8 Å². The number of hydrogen-bond acceptors (Lipinski definition) is 8. The number of aliphatic hydroxyl groups excluding tert-OH is 3.